The quantitative estimate of drug-likeness (QED) is 0.837. The molecule has 0 radical (unpaired) electrons. The lowest BCUT2D eigenvalue weighted by Gasteiger charge is -2.08. The Morgan fingerprint density at radius 1 is 1.35 bits per heavy atom. The van der Waals surface area contributed by atoms with Crippen LogP contribution in [-0.4, -0.2) is 15.0 Å². The Morgan fingerprint density at radius 3 is 2.76 bits per heavy atom. The molecule has 0 saturated heterocycles. The van der Waals surface area contributed by atoms with E-state index in [2.05, 4.69) is 20.3 Å². The lowest BCUT2D eigenvalue weighted by molar-refractivity contribution is 1.03. The normalized spacial score (nSPS) is 10.5. The van der Waals surface area contributed by atoms with Gasteiger partial charge in [0, 0.05) is 11.1 Å². The van der Waals surface area contributed by atoms with Crippen molar-refractivity contribution in [2.75, 3.05) is 11.1 Å². The lowest BCUT2D eigenvalue weighted by Crippen LogP contribution is -2.07. The Kier molecular flexibility index (Phi) is 3.44. The Hall–Kier alpha value is -1.40. The molecule has 2 aromatic rings. The first-order valence-electron chi connectivity index (χ1n) is 5.00. The lowest BCUT2D eigenvalue weighted by atomic mass is 10.3. The van der Waals surface area contributed by atoms with Crippen LogP contribution in [-0.2, 0) is 6.54 Å². The van der Waals surface area contributed by atoms with Gasteiger partial charge in [-0.3, -0.25) is 0 Å². The number of nitrogens with zero attached hydrogens (tertiary/aromatic N) is 3. The molecule has 5 nitrogen and oxygen atoms in total. The molecule has 2 rings (SSSR count). The van der Waals surface area contributed by atoms with Crippen molar-refractivity contribution in [3.63, 3.8) is 0 Å². The first-order valence-corrected chi connectivity index (χ1v) is 6.26. The summed E-state index contributed by atoms with van der Waals surface area (Å²) >= 11 is 7.37. The second-order valence-corrected chi connectivity index (χ2v) is 4.86. The van der Waals surface area contributed by atoms with Crippen LogP contribution in [0.4, 0.5) is 11.5 Å². The van der Waals surface area contributed by atoms with Gasteiger partial charge in [-0.1, -0.05) is 0 Å². The molecule has 0 aliphatic heterocycles. The predicted molar refractivity (Wildman–Crippen MR) is 70.4 cm³/mol. The fraction of sp³-hybridized carbons (Fsp3) is 0.300. The maximum absolute atomic E-state index is 5.86. The molecule has 17 heavy (non-hydrogen) atoms. The van der Waals surface area contributed by atoms with Crippen molar-refractivity contribution >= 4 is 34.4 Å². The van der Waals surface area contributed by atoms with Gasteiger partial charge in [0.25, 0.3) is 0 Å². The van der Waals surface area contributed by atoms with Crippen molar-refractivity contribution in [2.45, 2.75) is 20.4 Å². The van der Waals surface area contributed by atoms with E-state index >= 15 is 0 Å². The van der Waals surface area contributed by atoms with Crippen molar-refractivity contribution in [3.05, 3.63) is 27.1 Å². The Balaban J connectivity index is 2.14. The number of hydrogen-bond donors (Lipinski definition) is 2. The summed E-state index contributed by atoms with van der Waals surface area (Å²) in [6, 6.07) is 0. The molecule has 3 N–H and O–H groups in total. The van der Waals surface area contributed by atoms with Crippen LogP contribution < -0.4 is 11.1 Å². The van der Waals surface area contributed by atoms with Gasteiger partial charge in [-0.25, -0.2) is 9.97 Å². The van der Waals surface area contributed by atoms with Gasteiger partial charge in [-0.2, -0.15) is 4.98 Å². The average Bonchev–Trinajstić information content (AvgIpc) is 2.67. The third kappa shape index (κ3) is 2.83. The van der Waals surface area contributed by atoms with Gasteiger partial charge in [0.15, 0.2) is 5.82 Å². The molecule has 0 aromatic carbocycles. The number of hydrogen-bond acceptors (Lipinski definition) is 6. The number of nitrogen functional groups attached to an aromatic ring is 1. The van der Waals surface area contributed by atoms with Gasteiger partial charge in [0.1, 0.15) is 5.01 Å². The topological polar surface area (TPSA) is 76.7 Å². The first kappa shape index (κ1) is 12.1. The first-order chi connectivity index (χ1) is 8.06. The fourth-order valence-corrected chi connectivity index (χ4v) is 2.25. The molecule has 0 aliphatic carbocycles. The molecule has 0 atom stereocenters. The molecular formula is C10H12ClN5S. The summed E-state index contributed by atoms with van der Waals surface area (Å²) in [5.74, 6) is 0.551. The van der Waals surface area contributed by atoms with Crippen LogP contribution in [0.1, 0.15) is 16.4 Å². The highest BCUT2D eigenvalue weighted by atomic mass is 35.5. The number of nitrogens with two attached hydrogens (primary N) is 1. The zero-order chi connectivity index (χ0) is 12.4. The maximum atomic E-state index is 5.86. The van der Waals surface area contributed by atoms with Gasteiger partial charge in [-0.05, 0) is 25.4 Å². The van der Waals surface area contributed by atoms with E-state index in [0.29, 0.717) is 23.7 Å². The Bertz CT molecular complexity index is 539. The van der Waals surface area contributed by atoms with Crippen LogP contribution in [0.25, 0.3) is 0 Å². The highest BCUT2D eigenvalue weighted by molar-refractivity contribution is 7.09. The minimum atomic E-state index is 0.189. The van der Waals surface area contributed by atoms with E-state index in [9.17, 15) is 0 Å². The van der Waals surface area contributed by atoms with Crippen LogP contribution in [0.5, 0.6) is 0 Å². The average molecular weight is 270 g/mol. The summed E-state index contributed by atoms with van der Waals surface area (Å²) in [5, 5.41) is 6.28. The molecular weight excluding hydrogens is 258 g/mol. The van der Waals surface area contributed by atoms with Gasteiger partial charge in [0.05, 0.1) is 17.9 Å². The third-order valence-corrected chi connectivity index (χ3v) is 3.32. The molecule has 0 unspecified atom stereocenters. The van der Waals surface area contributed by atoms with Gasteiger partial charge in [0.2, 0.25) is 5.28 Å². The molecule has 0 fully saturated rings. The largest absolute Gasteiger partial charge is 0.394 e. The van der Waals surface area contributed by atoms with Gasteiger partial charge < -0.3 is 11.1 Å². The summed E-state index contributed by atoms with van der Waals surface area (Å²) in [4.78, 5) is 12.4. The highest BCUT2D eigenvalue weighted by Gasteiger charge is 2.08. The summed E-state index contributed by atoms with van der Waals surface area (Å²) in [6.45, 7) is 4.33. The maximum Gasteiger partial charge on any atom is 0.224 e. The van der Waals surface area contributed by atoms with E-state index in [1.807, 2.05) is 12.3 Å². The zero-order valence-electron chi connectivity index (χ0n) is 9.49. The van der Waals surface area contributed by atoms with Crippen LogP contribution in [0.15, 0.2) is 5.38 Å². The summed E-state index contributed by atoms with van der Waals surface area (Å²) in [5.41, 5.74) is 8.05. The minimum Gasteiger partial charge on any atom is -0.394 e. The summed E-state index contributed by atoms with van der Waals surface area (Å²) in [7, 11) is 0. The van der Waals surface area contributed by atoms with Crippen LogP contribution in [0, 0.1) is 13.8 Å². The number of nitrogens with one attached hydrogen (secondary N) is 1. The minimum absolute atomic E-state index is 0.189. The van der Waals surface area contributed by atoms with Gasteiger partial charge in [-0.15, -0.1) is 11.3 Å². The second-order valence-electron chi connectivity index (χ2n) is 3.58. The zero-order valence-corrected chi connectivity index (χ0v) is 11.1. The number of thiazole rings is 1. The molecule has 0 aliphatic rings. The van der Waals surface area contributed by atoms with Crippen LogP contribution in [0.2, 0.25) is 5.28 Å². The Morgan fingerprint density at radius 2 is 2.12 bits per heavy atom. The standard InChI is InChI=1S/C10H12ClN5S/c1-5-4-17-7(14-5)3-13-9-8(12)6(2)15-10(11)16-9/h4H,3,12H2,1-2H3,(H,13,15,16). The highest BCUT2D eigenvalue weighted by Crippen LogP contribution is 2.21. The fourth-order valence-electron chi connectivity index (χ4n) is 1.33. The van der Waals surface area contributed by atoms with Crippen molar-refractivity contribution in [1.82, 2.24) is 15.0 Å². The summed E-state index contributed by atoms with van der Waals surface area (Å²) in [6.07, 6.45) is 0. The van der Waals surface area contributed by atoms with Crippen LogP contribution >= 0.6 is 22.9 Å². The monoisotopic (exact) mass is 269 g/mol. The molecule has 90 valence electrons. The Labute approximate surface area is 108 Å². The van der Waals surface area contributed by atoms with E-state index in [4.69, 9.17) is 17.3 Å². The van der Waals surface area contributed by atoms with Crippen molar-refractivity contribution in [3.8, 4) is 0 Å². The second kappa shape index (κ2) is 4.85. The van der Waals surface area contributed by atoms with Crippen molar-refractivity contribution in [2.24, 2.45) is 0 Å². The number of halogens is 1. The SMILES string of the molecule is Cc1csc(CNc2nc(Cl)nc(C)c2N)n1. The predicted octanol–water partition coefficient (Wildman–Crippen LogP) is 2.40. The molecule has 2 heterocycles. The van der Waals surface area contributed by atoms with E-state index in [1.165, 1.54) is 0 Å². The number of anilines is 2. The third-order valence-electron chi connectivity index (χ3n) is 2.18. The molecule has 0 saturated carbocycles. The van der Waals surface area contributed by atoms with E-state index in [0.717, 1.165) is 10.7 Å². The molecule has 0 amide bonds. The molecule has 0 spiro atoms. The molecule has 0 bridgehead atoms. The molecule has 2 aromatic heterocycles. The number of aromatic nitrogens is 3. The molecule has 7 heteroatoms. The summed E-state index contributed by atoms with van der Waals surface area (Å²) < 4.78 is 0. The smallest absolute Gasteiger partial charge is 0.224 e. The van der Waals surface area contributed by atoms with E-state index < -0.39 is 0 Å². The van der Waals surface area contributed by atoms with Crippen molar-refractivity contribution in [1.29, 1.82) is 0 Å². The van der Waals surface area contributed by atoms with E-state index in [-0.39, 0.29) is 5.28 Å². The number of aryl methyl sites for hydroxylation is 2. The van der Waals surface area contributed by atoms with Crippen LogP contribution in [0.3, 0.4) is 0 Å². The van der Waals surface area contributed by atoms with E-state index in [1.54, 1.807) is 18.3 Å². The van der Waals surface area contributed by atoms with Gasteiger partial charge >= 0.3 is 0 Å². The van der Waals surface area contributed by atoms with Crippen molar-refractivity contribution < 1.29 is 0 Å². The number of rotatable bonds is 3.